The summed E-state index contributed by atoms with van der Waals surface area (Å²) in [6, 6.07) is 3.30. The molecule has 0 saturated carbocycles. The lowest BCUT2D eigenvalue weighted by Gasteiger charge is -2.05. The second-order valence-corrected chi connectivity index (χ2v) is 6.32. The molecule has 0 aliphatic rings. The van der Waals surface area contributed by atoms with Gasteiger partial charge in [-0.2, -0.15) is 0 Å². The van der Waals surface area contributed by atoms with Crippen LogP contribution >= 0.6 is 34.5 Å². The third-order valence-corrected chi connectivity index (χ3v) is 5.15. The van der Waals surface area contributed by atoms with E-state index in [1.54, 1.807) is 19.1 Å². The summed E-state index contributed by atoms with van der Waals surface area (Å²) in [5, 5.41) is 2.97. The highest BCUT2D eigenvalue weighted by Gasteiger charge is 2.22. The van der Waals surface area contributed by atoms with Gasteiger partial charge < -0.3 is 14.2 Å². The molecular weight excluding hydrogens is 393 g/mol. The van der Waals surface area contributed by atoms with Gasteiger partial charge in [-0.05, 0) is 19.1 Å². The van der Waals surface area contributed by atoms with Gasteiger partial charge in [0.1, 0.15) is 15.6 Å². The lowest BCUT2D eigenvalue weighted by Crippen LogP contribution is -2.34. The zero-order valence-electron chi connectivity index (χ0n) is 13.2. The number of ether oxygens (including phenoxy) is 3. The van der Waals surface area contributed by atoms with Gasteiger partial charge in [-0.15, -0.1) is 11.3 Å². The molecular formula is C15H13Cl2NO6S. The lowest BCUT2D eigenvalue weighted by molar-refractivity contribution is -0.123. The van der Waals surface area contributed by atoms with Crippen molar-refractivity contribution in [3.63, 3.8) is 0 Å². The number of methoxy groups -OCH3 is 1. The highest BCUT2D eigenvalue weighted by molar-refractivity contribution is 7.22. The number of esters is 1. The van der Waals surface area contributed by atoms with Crippen molar-refractivity contribution < 1.29 is 28.6 Å². The van der Waals surface area contributed by atoms with E-state index in [9.17, 15) is 14.4 Å². The molecule has 1 aromatic heterocycles. The molecule has 2 aromatic rings. The molecule has 0 aliphatic carbocycles. The van der Waals surface area contributed by atoms with Crippen LogP contribution in [0.1, 0.15) is 16.6 Å². The Morgan fingerprint density at radius 3 is 2.52 bits per heavy atom. The third-order valence-electron chi connectivity index (χ3n) is 2.96. The van der Waals surface area contributed by atoms with Crippen molar-refractivity contribution in [2.75, 3.05) is 20.3 Å². The topological polar surface area (TPSA) is 90.9 Å². The van der Waals surface area contributed by atoms with Crippen LogP contribution in [0.3, 0.4) is 0 Å². The SMILES string of the molecule is CCOC(=O)NC(=O)COC(=O)c1sc2c(Cl)c(OC)ccc2c1Cl. The van der Waals surface area contributed by atoms with E-state index in [0.29, 0.717) is 20.9 Å². The molecule has 1 heterocycles. The van der Waals surface area contributed by atoms with Crippen LogP contribution in [0.4, 0.5) is 4.79 Å². The van der Waals surface area contributed by atoms with Crippen molar-refractivity contribution in [2.24, 2.45) is 0 Å². The van der Waals surface area contributed by atoms with Crippen molar-refractivity contribution >= 4 is 62.6 Å². The highest BCUT2D eigenvalue weighted by Crippen LogP contribution is 2.43. The molecule has 2 rings (SSSR count). The summed E-state index contributed by atoms with van der Waals surface area (Å²) in [7, 11) is 1.47. The van der Waals surface area contributed by atoms with Crippen molar-refractivity contribution in [2.45, 2.75) is 6.92 Å². The number of nitrogens with one attached hydrogen (secondary N) is 1. The van der Waals surface area contributed by atoms with E-state index in [4.69, 9.17) is 32.7 Å². The first kappa shape index (κ1) is 19.3. The van der Waals surface area contributed by atoms with Gasteiger partial charge in [-0.25, -0.2) is 9.59 Å². The summed E-state index contributed by atoms with van der Waals surface area (Å²) in [5.74, 6) is -1.18. The summed E-state index contributed by atoms with van der Waals surface area (Å²) in [5.41, 5.74) is 0. The maximum Gasteiger partial charge on any atom is 0.413 e. The number of fused-ring (bicyclic) bond motifs is 1. The predicted octanol–water partition coefficient (Wildman–Crippen LogP) is 3.65. The van der Waals surface area contributed by atoms with Crippen LogP contribution in [-0.2, 0) is 14.3 Å². The summed E-state index contributed by atoms with van der Waals surface area (Å²) < 4.78 is 15.1. The first-order chi connectivity index (χ1) is 11.9. The van der Waals surface area contributed by atoms with E-state index < -0.39 is 24.6 Å². The predicted molar refractivity (Wildman–Crippen MR) is 93.8 cm³/mol. The molecule has 1 N–H and O–H groups in total. The molecule has 134 valence electrons. The van der Waals surface area contributed by atoms with E-state index in [0.717, 1.165) is 11.3 Å². The van der Waals surface area contributed by atoms with Crippen LogP contribution in [0.15, 0.2) is 12.1 Å². The first-order valence-corrected chi connectivity index (χ1v) is 8.54. The second kappa shape index (κ2) is 8.37. The van der Waals surface area contributed by atoms with Gasteiger partial charge in [0, 0.05) is 5.39 Å². The zero-order valence-corrected chi connectivity index (χ0v) is 15.5. The maximum atomic E-state index is 12.2. The Bertz CT molecular complexity index is 835. The Hall–Kier alpha value is -2.03. The molecule has 0 radical (unpaired) electrons. The molecule has 0 atom stereocenters. The number of alkyl carbamates (subject to hydrolysis) is 1. The average Bonchev–Trinajstić information content (AvgIpc) is 2.91. The molecule has 10 heteroatoms. The standard InChI is InChI=1S/C15H13Cl2NO6S/c1-3-23-15(21)18-9(19)6-24-14(20)13-10(16)7-4-5-8(22-2)11(17)12(7)25-13/h4-5H,3,6H2,1-2H3,(H,18,19,21). The van der Waals surface area contributed by atoms with Crippen molar-refractivity contribution in [3.8, 4) is 5.75 Å². The number of benzene rings is 1. The number of rotatable bonds is 5. The molecule has 0 bridgehead atoms. The molecule has 0 spiro atoms. The normalized spacial score (nSPS) is 10.4. The fourth-order valence-electron chi connectivity index (χ4n) is 1.88. The van der Waals surface area contributed by atoms with Crippen LogP contribution in [0.5, 0.6) is 5.75 Å². The second-order valence-electron chi connectivity index (χ2n) is 4.55. The van der Waals surface area contributed by atoms with Crippen molar-refractivity contribution in [1.29, 1.82) is 0 Å². The molecule has 2 amide bonds. The maximum absolute atomic E-state index is 12.2. The number of thiophene rings is 1. The zero-order chi connectivity index (χ0) is 18.6. The van der Waals surface area contributed by atoms with Gasteiger partial charge in [0.2, 0.25) is 0 Å². The summed E-state index contributed by atoms with van der Waals surface area (Å²) in [6.07, 6.45) is -0.915. The van der Waals surface area contributed by atoms with Gasteiger partial charge >= 0.3 is 12.1 Å². The van der Waals surface area contributed by atoms with Gasteiger partial charge in [-0.3, -0.25) is 10.1 Å². The number of carbonyl (C=O) groups is 3. The largest absolute Gasteiger partial charge is 0.495 e. The van der Waals surface area contributed by atoms with E-state index >= 15 is 0 Å². The third kappa shape index (κ3) is 4.33. The van der Waals surface area contributed by atoms with Crippen LogP contribution in [0.2, 0.25) is 10.0 Å². The smallest absolute Gasteiger partial charge is 0.413 e. The number of amides is 2. The number of halogens is 2. The number of imide groups is 1. The van der Waals surface area contributed by atoms with E-state index in [-0.39, 0.29) is 16.5 Å². The fourth-order valence-corrected chi connectivity index (χ4v) is 3.66. The number of carbonyl (C=O) groups excluding carboxylic acids is 3. The minimum absolute atomic E-state index is 0.0933. The van der Waals surface area contributed by atoms with E-state index in [1.165, 1.54) is 7.11 Å². The molecule has 0 unspecified atom stereocenters. The van der Waals surface area contributed by atoms with Crippen LogP contribution in [0.25, 0.3) is 10.1 Å². The fraction of sp³-hybridized carbons (Fsp3) is 0.267. The average molecular weight is 406 g/mol. The Morgan fingerprint density at radius 1 is 1.16 bits per heavy atom. The van der Waals surface area contributed by atoms with Crippen LogP contribution in [-0.4, -0.2) is 38.3 Å². The van der Waals surface area contributed by atoms with Gasteiger partial charge in [-0.1, -0.05) is 23.2 Å². The molecule has 1 aromatic carbocycles. The minimum Gasteiger partial charge on any atom is -0.495 e. The summed E-state index contributed by atoms with van der Waals surface area (Å²) >= 11 is 13.4. The van der Waals surface area contributed by atoms with Gasteiger partial charge in [0.25, 0.3) is 5.91 Å². The Kier molecular flexibility index (Phi) is 6.46. The monoisotopic (exact) mass is 405 g/mol. The first-order valence-electron chi connectivity index (χ1n) is 6.97. The van der Waals surface area contributed by atoms with Crippen LogP contribution < -0.4 is 10.1 Å². The molecule has 0 saturated heterocycles. The summed E-state index contributed by atoms with van der Waals surface area (Å²) in [6.45, 7) is 1.05. The molecule has 25 heavy (non-hydrogen) atoms. The van der Waals surface area contributed by atoms with Crippen LogP contribution in [0, 0.1) is 0 Å². The quantitative estimate of drug-likeness (QED) is 0.763. The number of hydrogen-bond acceptors (Lipinski definition) is 7. The van der Waals surface area contributed by atoms with Crippen molar-refractivity contribution in [1.82, 2.24) is 5.32 Å². The Labute approximate surface area is 156 Å². The Morgan fingerprint density at radius 2 is 1.88 bits per heavy atom. The Balaban J connectivity index is 2.12. The minimum atomic E-state index is -0.915. The lowest BCUT2D eigenvalue weighted by atomic mass is 10.2. The molecule has 7 nitrogen and oxygen atoms in total. The van der Waals surface area contributed by atoms with E-state index in [1.807, 2.05) is 5.32 Å². The highest BCUT2D eigenvalue weighted by atomic mass is 35.5. The molecule has 0 fully saturated rings. The number of hydrogen-bond donors (Lipinski definition) is 1. The molecule has 0 aliphatic heterocycles. The van der Waals surface area contributed by atoms with Gasteiger partial charge in [0.15, 0.2) is 6.61 Å². The van der Waals surface area contributed by atoms with E-state index in [2.05, 4.69) is 4.74 Å². The summed E-state index contributed by atoms with van der Waals surface area (Å²) in [4.78, 5) is 34.8. The van der Waals surface area contributed by atoms with Crippen molar-refractivity contribution in [3.05, 3.63) is 27.1 Å². The van der Waals surface area contributed by atoms with Gasteiger partial charge in [0.05, 0.1) is 23.4 Å².